The van der Waals surface area contributed by atoms with Gasteiger partial charge in [-0.3, -0.25) is 14.2 Å². The minimum absolute atomic E-state index is 0.135. The van der Waals surface area contributed by atoms with E-state index in [-0.39, 0.29) is 11.5 Å². The number of amides is 1. The number of hydrogen-bond donors (Lipinski definition) is 1. The first-order valence-electron chi connectivity index (χ1n) is 12.2. The van der Waals surface area contributed by atoms with Gasteiger partial charge >= 0.3 is 0 Å². The summed E-state index contributed by atoms with van der Waals surface area (Å²) in [5.74, 6) is -0.143. The second-order valence-electron chi connectivity index (χ2n) is 8.75. The maximum atomic E-state index is 14.1. The van der Waals surface area contributed by atoms with Crippen molar-refractivity contribution in [1.29, 1.82) is 0 Å². The number of aryl methyl sites for hydroxylation is 2. The topological polar surface area (TPSA) is 64.0 Å². The van der Waals surface area contributed by atoms with E-state index in [9.17, 15) is 9.59 Å². The van der Waals surface area contributed by atoms with Crippen molar-refractivity contribution >= 4 is 44.9 Å². The third kappa shape index (κ3) is 5.10. The largest absolute Gasteiger partial charge is 0.325 e. The summed E-state index contributed by atoms with van der Waals surface area (Å²) in [5.41, 5.74) is 4.46. The normalized spacial score (nSPS) is 12.0. The number of para-hydroxylation sites is 1. The molecule has 1 amide bonds. The number of carbonyl (C=O) groups is 1. The molecule has 0 radical (unpaired) electrons. The van der Waals surface area contributed by atoms with Gasteiger partial charge in [0.25, 0.3) is 5.56 Å². The van der Waals surface area contributed by atoms with E-state index in [1.54, 1.807) is 4.57 Å². The highest BCUT2D eigenvalue weighted by Gasteiger charge is 2.24. The average Bonchev–Trinajstić information content (AvgIpc) is 3.26. The number of thioether (sulfide) groups is 1. The van der Waals surface area contributed by atoms with E-state index in [0.717, 1.165) is 33.8 Å². The molecule has 0 aliphatic heterocycles. The SMILES string of the molecule is CCc1ccc(NC(=O)C(C)Sc2nc3sc(C)c(-c4ccccc4)c3c(=O)n2-c2ccccc2)cc1. The molecule has 0 bridgehead atoms. The lowest BCUT2D eigenvalue weighted by Gasteiger charge is -2.16. The van der Waals surface area contributed by atoms with Crippen LogP contribution in [0.1, 0.15) is 24.3 Å². The molecule has 1 N–H and O–H groups in total. The molecule has 0 saturated carbocycles. The standard InChI is InChI=1S/C30H27N3O2S2/c1-4-21-15-17-23(18-16-21)31-27(34)20(3)37-30-32-28-26(29(35)33(30)24-13-9-6-10-14-24)25(19(2)36-28)22-11-7-5-8-12-22/h5-18,20H,4H2,1-3H3,(H,31,34). The molecule has 0 saturated heterocycles. The molecule has 37 heavy (non-hydrogen) atoms. The van der Waals surface area contributed by atoms with Crippen molar-refractivity contribution in [2.24, 2.45) is 0 Å². The van der Waals surface area contributed by atoms with Crippen LogP contribution in [0.4, 0.5) is 5.69 Å². The Morgan fingerprint density at radius 3 is 2.30 bits per heavy atom. The van der Waals surface area contributed by atoms with Crippen LogP contribution in [0.2, 0.25) is 0 Å². The average molecular weight is 526 g/mol. The highest BCUT2D eigenvalue weighted by molar-refractivity contribution is 8.00. The van der Waals surface area contributed by atoms with Crippen LogP contribution in [0.15, 0.2) is 94.9 Å². The number of aromatic nitrogens is 2. The molecule has 0 spiro atoms. The zero-order valence-electron chi connectivity index (χ0n) is 20.9. The van der Waals surface area contributed by atoms with Gasteiger partial charge in [-0.15, -0.1) is 11.3 Å². The Morgan fingerprint density at radius 2 is 1.65 bits per heavy atom. The Kier molecular flexibility index (Phi) is 7.26. The van der Waals surface area contributed by atoms with Crippen LogP contribution in [0, 0.1) is 6.92 Å². The summed E-state index contributed by atoms with van der Waals surface area (Å²) in [6, 6.07) is 27.3. The van der Waals surface area contributed by atoms with Gasteiger partial charge in [0.05, 0.1) is 16.3 Å². The lowest BCUT2D eigenvalue weighted by molar-refractivity contribution is -0.115. The zero-order chi connectivity index (χ0) is 25.9. The predicted molar refractivity (Wildman–Crippen MR) is 155 cm³/mol. The molecule has 1 atom stereocenters. The molecule has 2 heterocycles. The van der Waals surface area contributed by atoms with E-state index in [4.69, 9.17) is 4.98 Å². The monoisotopic (exact) mass is 525 g/mol. The van der Waals surface area contributed by atoms with Gasteiger partial charge in [0.15, 0.2) is 5.16 Å². The Labute approximate surface area is 224 Å². The minimum Gasteiger partial charge on any atom is -0.325 e. The molecule has 3 aromatic carbocycles. The zero-order valence-corrected chi connectivity index (χ0v) is 22.5. The van der Waals surface area contributed by atoms with E-state index < -0.39 is 5.25 Å². The number of rotatable bonds is 7. The molecular formula is C30H27N3O2S2. The Balaban J connectivity index is 1.56. The van der Waals surface area contributed by atoms with E-state index >= 15 is 0 Å². The van der Waals surface area contributed by atoms with E-state index in [1.165, 1.54) is 28.7 Å². The second-order valence-corrected chi connectivity index (χ2v) is 11.3. The van der Waals surface area contributed by atoms with Crippen LogP contribution in [-0.4, -0.2) is 20.7 Å². The summed E-state index contributed by atoms with van der Waals surface area (Å²) in [6.45, 7) is 5.95. The third-order valence-electron chi connectivity index (χ3n) is 6.23. The van der Waals surface area contributed by atoms with Crippen molar-refractivity contribution in [2.45, 2.75) is 37.6 Å². The van der Waals surface area contributed by atoms with Gasteiger partial charge in [-0.2, -0.15) is 0 Å². The summed E-state index contributed by atoms with van der Waals surface area (Å²) in [5, 5.41) is 3.61. The highest BCUT2D eigenvalue weighted by atomic mass is 32.2. The maximum absolute atomic E-state index is 14.1. The van der Waals surface area contributed by atoms with Crippen LogP contribution >= 0.6 is 23.1 Å². The van der Waals surface area contributed by atoms with Crippen molar-refractivity contribution < 1.29 is 4.79 Å². The highest BCUT2D eigenvalue weighted by Crippen LogP contribution is 2.37. The summed E-state index contributed by atoms with van der Waals surface area (Å²) < 4.78 is 1.63. The fraction of sp³-hybridized carbons (Fsp3) is 0.167. The van der Waals surface area contributed by atoms with Gasteiger partial charge in [-0.25, -0.2) is 4.98 Å². The molecular weight excluding hydrogens is 498 g/mol. The van der Waals surface area contributed by atoms with Crippen molar-refractivity contribution in [3.63, 3.8) is 0 Å². The first-order valence-corrected chi connectivity index (χ1v) is 13.9. The lowest BCUT2D eigenvalue weighted by atomic mass is 10.0. The summed E-state index contributed by atoms with van der Waals surface area (Å²) >= 11 is 2.80. The number of carbonyl (C=O) groups excluding carboxylic acids is 1. The van der Waals surface area contributed by atoms with E-state index in [2.05, 4.69) is 12.2 Å². The fourth-order valence-electron chi connectivity index (χ4n) is 4.26. The number of fused-ring (bicyclic) bond motifs is 1. The van der Waals surface area contributed by atoms with Gasteiger partial charge < -0.3 is 5.32 Å². The minimum atomic E-state index is -0.472. The van der Waals surface area contributed by atoms with Crippen LogP contribution in [0.25, 0.3) is 27.0 Å². The molecule has 1 unspecified atom stereocenters. The smallest absolute Gasteiger partial charge is 0.268 e. The summed E-state index contributed by atoms with van der Waals surface area (Å²) in [7, 11) is 0. The number of nitrogens with zero attached hydrogens (tertiary/aromatic N) is 2. The second kappa shape index (κ2) is 10.7. The molecule has 0 aliphatic rings. The van der Waals surface area contributed by atoms with E-state index in [1.807, 2.05) is 98.8 Å². The Morgan fingerprint density at radius 1 is 1.00 bits per heavy atom. The molecule has 7 heteroatoms. The number of anilines is 1. The number of thiophene rings is 1. The number of nitrogens with one attached hydrogen (secondary N) is 1. The van der Waals surface area contributed by atoms with Crippen LogP contribution in [-0.2, 0) is 11.2 Å². The Hall–Kier alpha value is -3.68. The molecule has 5 rings (SSSR count). The molecule has 186 valence electrons. The van der Waals surface area contributed by atoms with Crippen molar-refractivity contribution in [1.82, 2.24) is 9.55 Å². The van der Waals surface area contributed by atoms with Gasteiger partial charge in [0, 0.05) is 16.1 Å². The molecule has 2 aromatic heterocycles. The van der Waals surface area contributed by atoms with Crippen LogP contribution in [0.5, 0.6) is 0 Å². The van der Waals surface area contributed by atoms with Gasteiger partial charge in [0.1, 0.15) is 4.83 Å². The first-order chi connectivity index (χ1) is 18.0. The quantitative estimate of drug-likeness (QED) is 0.182. The molecule has 0 aliphatic carbocycles. The summed E-state index contributed by atoms with van der Waals surface area (Å²) in [4.78, 5) is 33.8. The first kappa shape index (κ1) is 25.0. The number of benzene rings is 3. The Bertz CT molecular complexity index is 1610. The van der Waals surface area contributed by atoms with Gasteiger partial charge in [-0.1, -0.05) is 79.3 Å². The van der Waals surface area contributed by atoms with E-state index in [0.29, 0.717) is 15.4 Å². The van der Waals surface area contributed by atoms with Gasteiger partial charge in [-0.05, 0) is 55.7 Å². The summed E-state index contributed by atoms with van der Waals surface area (Å²) in [6.07, 6.45) is 0.944. The van der Waals surface area contributed by atoms with Gasteiger partial charge in [0.2, 0.25) is 5.91 Å². The number of hydrogen-bond acceptors (Lipinski definition) is 5. The molecule has 5 nitrogen and oxygen atoms in total. The lowest BCUT2D eigenvalue weighted by Crippen LogP contribution is -2.26. The van der Waals surface area contributed by atoms with Crippen LogP contribution in [0.3, 0.4) is 0 Å². The molecule has 0 fully saturated rings. The van der Waals surface area contributed by atoms with Crippen LogP contribution < -0.4 is 10.9 Å². The van der Waals surface area contributed by atoms with Crippen molar-refractivity contribution in [3.05, 3.63) is 106 Å². The van der Waals surface area contributed by atoms with Crippen molar-refractivity contribution in [3.8, 4) is 16.8 Å². The maximum Gasteiger partial charge on any atom is 0.268 e. The third-order valence-corrected chi connectivity index (χ3v) is 8.28. The fourth-order valence-corrected chi connectivity index (χ4v) is 6.27. The molecule has 5 aromatic rings. The predicted octanol–water partition coefficient (Wildman–Crippen LogP) is 7.10. The van der Waals surface area contributed by atoms with Crippen molar-refractivity contribution in [2.75, 3.05) is 5.32 Å².